The summed E-state index contributed by atoms with van der Waals surface area (Å²) in [6.45, 7) is 3.39. The first-order valence-corrected chi connectivity index (χ1v) is 11.4. The maximum Gasteiger partial charge on any atom is 0.244 e. The molecule has 2 aromatic carbocycles. The molecule has 2 N–H and O–H groups in total. The smallest absolute Gasteiger partial charge is 0.244 e. The van der Waals surface area contributed by atoms with Gasteiger partial charge in [-0.2, -0.15) is 4.72 Å². The van der Waals surface area contributed by atoms with Crippen LogP contribution in [0.2, 0.25) is 0 Å². The first-order chi connectivity index (χ1) is 15.3. The molecule has 0 spiro atoms. The van der Waals surface area contributed by atoms with Crippen LogP contribution in [0.25, 0.3) is 0 Å². The number of carbonyl (C=O) groups excluding carboxylic acids is 1. The molecule has 3 aromatic rings. The number of nitrogens with zero attached hydrogens (tertiary/aromatic N) is 1. The van der Waals surface area contributed by atoms with Crippen LogP contribution in [-0.2, 0) is 14.8 Å². The predicted molar refractivity (Wildman–Crippen MR) is 121 cm³/mol. The number of carbonyl (C=O) groups is 1. The lowest BCUT2D eigenvalue weighted by molar-refractivity contribution is -0.118. The second-order valence-electron chi connectivity index (χ2n) is 7.31. The van der Waals surface area contributed by atoms with Crippen molar-refractivity contribution < 1.29 is 17.6 Å². The Hall–Kier alpha value is -3.54. The fourth-order valence-electron chi connectivity index (χ4n) is 2.85. The third kappa shape index (κ3) is 6.00. The maximum atomic E-state index is 14.0. The van der Waals surface area contributed by atoms with E-state index in [1.54, 1.807) is 56.4 Å². The Morgan fingerprint density at radius 2 is 1.75 bits per heavy atom. The molecule has 0 saturated carbocycles. The molecule has 0 bridgehead atoms. The van der Waals surface area contributed by atoms with Crippen molar-refractivity contribution in [2.24, 2.45) is 5.92 Å². The molecule has 8 heteroatoms. The lowest BCUT2D eigenvalue weighted by atomic mass is 10.0. The third-order valence-electron chi connectivity index (χ3n) is 4.49. The van der Waals surface area contributed by atoms with Gasteiger partial charge in [0.15, 0.2) is 0 Å². The van der Waals surface area contributed by atoms with E-state index in [1.807, 2.05) is 6.07 Å². The van der Waals surface area contributed by atoms with Crippen LogP contribution < -0.4 is 10.0 Å². The van der Waals surface area contributed by atoms with E-state index in [-0.39, 0.29) is 5.92 Å². The summed E-state index contributed by atoms with van der Waals surface area (Å²) in [5.74, 6) is 4.08. The highest BCUT2D eigenvalue weighted by Gasteiger charge is 2.29. The molecular formula is C24H22FN3O3S. The summed E-state index contributed by atoms with van der Waals surface area (Å²) in [6, 6.07) is 16.2. The zero-order valence-electron chi connectivity index (χ0n) is 17.5. The van der Waals surface area contributed by atoms with Crippen LogP contribution >= 0.6 is 0 Å². The van der Waals surface area contributed by atoms with Gasteiger partial charge in [0.2, 0.25) is 15.9 Å². The average Bonchev–Trinajstić information content (AvgIpc) is 2.77. The first kappa shape index (κ1) is 23.1. The highest BCUT2D eigenvalue weighted by Crippen LogP contribution is 2.17. The summed E-state index contributed by atoms with van der Waals surface area (Å²) >= 11 is 0. The maximum absolute atomic E-state index is 14.0. The molecule has 0 aliphatic carbocycles. The number of anilines is 1. The summed E-state index contributed by atoms with van der Waals surface area (Å²) in [7, 11) is -4.24. The number of rotatable bonds is 6. The van der Waals surface area contributed by atoms with Crippen LogP contribution in [0.5, 0.6) is 0 Å². The normalized spacial score (nSPS) is 12.0. The minimum Gasteiger partial charge on any atom is -0.325 e. The number of hydrogen-bond acceptors (Lipinski definition) is 4. The molecule has 0 aliphatic heterocycles. The Kier molecular flexibility index (Phi) is 7.36. The Labute approximate surface area is 187 Å². The molecule has 1 amide bonds. The Morgan fingerprint density at radius 3 is 2.44 bits per heavy atom. The van der Waals surface area contributed by atoms with E-state index in [9.17, 15) is 17.6 Å². The zero-order chi connectivity index (χ0) is 23.1. The molecule has 1 aromatic heterocycles. The molecule has 1 heterocycles. The summed E-state index contributed by atoms with van der Waals surface area (Å²) in [4.78, 5) is 16.5. The van der Waals surface area contributed by atoms with Crippen molar-refractivity contribution in [1.82, 2.24) is 9.71 Å². The minimum atomic E-state index is -4.24. The standard InChI is InChI=1S/C24H22FN3O3S/c1-17(2)23(28-32(30,31)22-12-4-3-11-21(22)25)24(29)27-20-10-7-8-18(16-20)13-14-19-9-5-6-15-26-19/h3-12,15-17,23,28H,1-2H3,(H,27,29)/t23-/m0/s1. The predicted octanol–water partition coefficient (Wildman–Crippen LogP) is 3.56. The van der Waals surface area contributed by atoms with Gasteiger partial charge in [0, 0.05) is 17.4 Å². The quantitative estimate of drug-likeness (QED) is 0.561. The van der Waals surface area contributed by atoms with E-state index in [1.165, 1.54) is 12.1 Å². The number of aromatic nitrogens is 1. The summed E-state index contributed by atoms with van der Waals surface area (Å²) in [6.07, 6.45) is 1.65. The summed E-state index contributed by atoms with van der Waals surface area (Å²) < 4.78 is 41.6. The minimum absolute atomic E-state index is 0.385. The van der Waals surface area contributed by atoms with Gasteiger partial charge in [-0.3, -0.25) is 4.79 Å². The number of amides is 1. The van der Waals surface area contributed by atoms with E-state index in [0.717, 1.165) is 12.1 Å². The SMILES string of the molecule is CC(C)[C@H](NS(=O)(=O)c1ccccc1F)C(=O)Nc1cccc(C#Cc2ccccn2)c1. The average molecular weight is 452 g/mol. The molecule has 0 fully saturated rings. The zero-order valence-corrected chi connectivity index (χ0v) is 18.4. The Balaban J connectivity index is 1.77. The molecule has 1 atom stereocenters. The van der Waals surface area contributed by atoms with Crippen molar-refractivity contribution in [2.45, 2.75) is 24.8 Å². The number of halogens is 1. The van der Waals surface area contributed by atoms with Crippen molar-refractivity contribution >= 4 is 21.6 Å². The number of sulfonamides is 1. The lowest BCUT2D eigenvalue weighted by Crippen LogP contribution is -2.47. The van der Waals surface area contributed by atoms with Crippen molar-refractivity contribution in [3.05, 3.63) is 90.0 Å². The van der Waals surface area contributed by atoms with Gasteiger partial charge in [-0.25, -0.2) is 17.8 Å². The van der Waals surface area contributed by atoms with E-state index in [4.69, 9.17) is 0 Å². The van der Waals surface area contributed by atoms with Gasteiger partial charge in [-0.05, 0) is 54.3 Å². The fraction of sp³-hybridized carbons (Fsp3) is 0.167. The molecule has 164 valence electrons. The molecule has 32 heavy (non-hydrogen) atoms. The molecule has 3 rings (SSSR count). The van der Waals surface area contributed by atoms with Crippen LogP contribution in [0, 0.1) is 23.6 Å². The highest BCUT2D eigenvalue weighted by molar-refractivity contribution is 7.89. The van der Waals surface area contributed by atoms with Crippen LogP contribution in [0.1, 0.15) is 25.1 Å². The van der Waals surface area contributed by atoms with Gasteiger partial charge in [-0.15, -0.1) is 0 Å². The number of nitrogens with one attached hydrogen (secondary N) is 2. The van der Waals surface area contributed by atoms with E-state index in [2.05, 4.69) is 26.9 Å². The molecule has 0 unspecified atom stereocenters. The monoisotopic (exact) mass is 451 g/mol. The first-order valence-electron chi connectivity index (χ1n) is 9.87. The molecule has 6 nitrogen and oxygen atoms in total. The van der Waals surface area contributed by atoms with Crippen molar-refractivity contribution in [2.75, 3.05) is 5.32 Å². The highest BCUT2D eigenvalue weighted by atomic mass is 32.2. The van der Waals surface area contributed by atoms with Crippen LogP contribution in [-0.4, -0.2) is 25.4 Å². The molecule has 0 aliphatic rings. The van der Waals surface area contributed by atoms with Gasteiger partial charge in [0.25, 0.3) is 0 Å². The molecular weight excluding hydrogens is 429 g/mol. The fourth-order valence-corrected chi connectivity index (χ4v) is 4.28. The number of hydrogen-bond donors (Lipinski definition) is 2. The van der Waals surface area contributed by atoms with E-state index in [0.29, 0.717) is 16.9 Å². The third-order valence-corrected chi connectivity index (χ3v) is 5.96. The topological polar surface area (TPSA) is 88.2 Å². The lowest BCUT2D eigenvalue weighted by Gasteiger charge is -2.22. The number of benzene rings is 2. The van der Waals surface area contributed by atoms with Crippen LogP contribution in [0.3, 0.4) is 0 Å². The molecule has 0 radical (unpaired) electrons. The van der Waals surface area contributed by atoms with Crippen LogP contribution in [0.4, 0.5) is 10.1 Å². The summed E-state index contributed by atoms with van der Waals surface area (Å²) in [5, 5.41) is 2.71. The molecule has 0 saturated heterocycles. The van der Waals surface area contributed by atoms with Crippen molar-refractivity contribution in [1.29, 1.82) is 0 Å². The summed E-state index contributed by atoms with van der Waals surface area (Å²) in [5.41, 5.74) is 1.73. The van der Waals surface area contributed by atoms with E-state index >= 15 is 0 Å². The second kappa shape index (κ2) is 10.2. The van der Waals surface area contributed by atoms with Gasteiger partial charge in [-0.1, -0.05) is 44.0 Å². The van der Waals surface area contributed by atoms with Crippen molar-refractivity contribution in [3.63, 3.8) is 0 Å². The van der Waals surface area contributed by atoms with Gasteiger partial charge in [0.1, 0.15) is 22.4 Å². The Morgan fingerprint density at radius 1 is 1.00 bits per heavy atom. The van der Waals surface area contributed by atoms with Gasteiger partial charge >= 0.3 is 0 Å². The van der Waals surface area contributed by atoms with Gasteiger partial charge in [0.05, 0.1) is 0 Å². The van der Waals surface area contributed by atoms with E-state index < -0.39 is 32.7 Å². The van der Waals surface area contributed by atoms with Gasteiger partial charge < -0.3 is 5.32 Å². The second-order valence-corrected chi connectivity index (χ2v) is 8.99. The van der Waals surface area contributed by atoms with Crippen molar-refractivity contribution in [3.8, 4) is 11.8 Å². The van der Waals surface area contributed by atoms with Crippen LogP contribution in [0.15, 0.2) is 77.8 Å². The Bertz CT molecular complexity index is 1270. The number of pyridine rings is 1. The largest absolute Gasteiger partial charge is 0.325 e.